The first-order valence-electron chi connectivity index (χ1n) is 12.1. The second-order valence-electron chi connectivity index (χ2n) is 8.91. The standard InChI is InChI=1S/C30H28N2O6/c1-19-26(29(33)37-3)28(24-12-8-13-25(18-24)32(35)36)27(20(2)31-19)30(34)38-16-7-6-9-21-14-15-22-10-4-5-11-23(22)17-21/h4-6,8-15,17-18,28,31H,7,16H2,1-3H3/b9-6+. The molecule has 8 heteroatoms. The lowest BCUT2D eigenvalue weighted by Gasteiger charge is -2.30. The number of fused-ring (bicyclic) bond motifs is 1. The van der Waals surface area contributed by atoms with Crippen molar-refractivity contribution in [1.82, 2.24) is 5.32 Å². The molecule has 8 nitrogen and oxygen atoms in total. The monoisotopic (exact) mass is 512 g/mol. The van der Waals surface area contributed by atoms with Crippen LogP contribution in [0.15, 0.2) is 95.3 Å². The number of nitro groups is 1. The normalized spacial score (nSPS) is 15.5. The molecule has 1 heterocycles. The highest BCUT2D eigenvalue weighted by atomic mass is 16.6. The Labute approximate surface area is 220 Å². The second kappa shape index (κ2) is 11.6. The third-order valence-electron chi connectivity index (χ3n) is 6.40. The molecule has 0 bridgehead atoms. The van der Waals surface area contributed by atoms with E-state index in [0.717, 1.165) is 16.3 Å². The third-order valence-corrected chi connectivity index (χ3v) is 6.40. The third kappa shape index (κ3) is 5.64. The van der Waals surface area contributed by atoms with Gasteiger partial charge in [0.2, 0.25) is 0 Å². The van der Waals surface area contributed by atoms with Crippen LogP contribution >= 0.6 is 0 Å². The lowest BCUT2D eigenvalue weighted by molar-refractivity contribution is -0.384. The van der Waals surface area contributed by atoms with Gasteiger partial charge in [0.15, 0.2) is 0 Å². The molecular formula is C30H28N2O6. The average molecular weight is 513 g/mol. The fourth-order valence-electron chi connectivity index (χ4n) is 4.62. The molecule has 1 aliphatic rings. The number of esters is 2. The largest absolute Gasteiger partial charge is 0.466 e. The number of rotatable bonds is 8. The van der Waals surface area contributed by atoms with Crippen LogP contribution < -0.4 is 5.32 Å². The molecule has 0 radical (unpaired) electrons. The van der Waals surface area contributed by atoms with Crippen LogP contribution in [0, 0.1) is 10.1 Å². The SMILES string of the molecule is COC(=O)C1=C(C)NC(C)=C(C(=O)OCC/C=C/c2ccc3ccccc3c2)C1c1cccc([N+](=O)[O-])c1. The molecule has 0 amide bonds. The van der Waals surface area contributed by atoms with E-state index in [1.165, 1.54) is 25.3 Å². The topological polar surface area (TPSA) is 108 Å². The molecule has 4 rings (SSSR count). The molecule has 1 N–H and O–H groups in total. The molecule has 0 aliphatic carbocycles. The average Bonchev–Trinajstić information content (AvgIpc) is 2.91. The Hall–Kier alpha value is -4.72. The summed E-state index contributed by atoms with van der Waals surface area (Å²) in [4.78, 5) is 36.9. The Morgan fingerprint density at radius 1 is 0.947 bits per heavy atom. The van der Waals surface area contributed by atoms with Crippen LogP contribution in [0.2, 0.25) is 0 Å². The maximum atomic E-state index is 13.3. The minimum absolute atomic E-state index is 0.123. The molecule has 0 spiro atoms. The minimum atomic E-state index is -0.885. The molecule has 194 valence electrons. The van der Waals surface area contributed by atoms with Crippen molar-refractivity contribution in [3.05, 3.63) is 117 Å². The van der Waals surface area contributed by atoms with Crippen LogP contribution in [0.1, 0.15) is 37.3 Å². The molecule has 0 aromatic heterocycles. The van der Waals surface area contributed by atoms with Gasteiger partial charge in [0, 0.05) is 23.5 Å². The van der Waals surface area contributed by atoms with Gasteiger partial charge in [-0.25, -0.2) is 9.59 Å². The van der Waals surface area contributed by atoms with Gasteiger partial charge < -0.3 is 14.8 Å². The van der Waals surface area contributed by atoms with Crippen LogP contribution in [0.4, 0.5) is 5.69 Å². The number of hydrogen-bond donors (Lipinski definition) is 1. The van der Waals surface area contributed by atoms with Crippen molar-refractivity contribution in [3.63, 3.8) is 0 Å². The van der Waals surface area contributed by atoms with E-state index in [1.54, 1.807) is 19.9 Å². The van der Waals surface area contributed by atoms with Crippen molar-refractivity contribution >= 4 is 34.5 Å². The van der Waals surface area contributed by atoms with Crippen molar-refractivity contribution in [2.24, 2.45) is 0 Å². The summed E-state index contributed by atoms with van der Waals surface area (Å²) in [6.45, 7) is 3.52. The second-order valence-corrected chi connectivity index (χ2v) is 8.91. The van der Waals surface area contributed by atoms with Crippen molar-refractivity contribution in [3.8, 4) is 0 Å². The van der Waals surface area contributed by atoms with Gasteiger partial charge in [0.05, 0.1) is 35.7 Å². The molecule has 0 saturated carbocycles. The zero-order valence-corrected chi connectivity index (χ0v) is 21.4. The summed E-state index contributed by atoms with van der Waals surface area (Å²) >= 11 is 0. The Bertz CT molecular complexity index is 1500. The molecule has 3 aromatic carbocycles. The molecule has 1 aliphatic heterocycles. The summed E-state index contributed by atoms with van der Waals surface area (Å²) in [5.41, 5.74) is 2.72. The van der Waals surface area contributed by atoms with Gasteiger partial charge in [-0.15, -0.1) is 0 Å². The van der Waals surface area contributed by atoms with Crippen molar-refractivity contribution in [1.29, 1.82) is 0 Å². The highest BCUT2D eigenvalue weighted by Gasteiger charge is 2.38. The number of nitrogens with one attached hydrogen (secondary N) is 1. The zero-order chi connectivity index (χ0) is 27.2. The van der Waals surface area contributed by atoms with Gasteiger partial charge in [0.25, 0.3) is 5.69 Å². The van der Waals surface area contributed by atoms with E-state index in [1.807, 2.05) is 30.4 Å². The quantitative estimate of drug-likeness (QED) is 0.176. The summed E-state index contributed by atoms with van der Waals surface area (Å²) < 4.78 is 10.6. The Morgan fingerprint density at radius 3 is 2.37 bits per heavy atom. The van der Waals surface area contributed by atoms with Gasteiger partial charge in [0.1, 0.15) is 0 Å². The van der Waals surface area contributed by atoms with E-state index in [4.69, 9.17) is 9.47 Å². The molecular weight excluding hydrogens is 484 g/mol. The fourth-order valence-corrected chi connectivity index (χ4v) is 4.62. The molecule has 3 aromatic rings. The number of nitrogens with zero attached hydrogens (tertiary/aromatic N) is 1. The number of ether oxygens (including phenoxy) is 2. The summed E-state index contributed by atoms with van der Waals surface area (Å²) in [7, 11) is 1.25. The first kappa shape index (κ1) is 26.3. The lowest BCUT2D eigenvalue weighted by atomic mass is 9.80. The highest BCUT2D eigenvalue weighted by molar-refractivity contribution is 6.00. The maximum absolute atomic E-state index is 13.3. The number of methoxy groups -OCH3 is 1. The van der Waals surface area contributed by atoms with Gasteiger partial charge in [-0.1, -0.05) is 60.7 Å². The molecule has 1 unspecified atom stereocenters. The van der Waals surface area contributed by atoms with Crippen molar-refractivity contribution in [2.75, 3.05) is 13.7 Å². The number of carbonyl (C=O) groups excluding carboxylic acids is 2. The van der Waals surface area contributed by atoms with Gasteiger partial charge >= 0.3 is 11.9 Å². The number of carbonyl (C=O) groups is 2. The predicted molar refractivity (Wildman–Crippen MR) is 145 cm³/mol. The fraction of sp³-hybridized carbons (Fsp3) is 0.200. The predicted octanol–water partition coefficient (Wildman–Crippen LogP) is 5.80. The van der Waals surface area contributed by atoms with Crippen molar-refractivity contribution in [2.45, 2.75) is 26.2 Å². The van der Waals surface area contributed by atoms with Gasteiger partial charge in [-0.05, 0) is 48.2 Å². The summed E-state index contributed by atoms with van der Waals surface area (Å²) in [6.07, 6.45) is 4.39. The molecule has 38 heavy (non-hydrogen) atoms. The zero-order valence-electron chi connectivity index (χ0n) is 21.4. The van der Waals surface area contributed by atoms with E-state index >= 15 is 0 Å². The Kier molecular flexibility index (Phi) is 8.01. The van der Waals surface area contributed by atoms with E-state index in [0.29, 0.717) is 23.4 Å². The summed E-state index contributed by atoms with van der Waals surface area (Å²) in [6, 6.07) is 20.2. The first-order valence-corrected chi connectivity index (χ1v) is 12.1. The van der Waals surface area contributed by atoms with Crippen LogP contribution in [0.3, 0.4) is 0 Å². The Morgan fingerprint density at radius 2 is 1.66 bits per heavy atom. The van der Waals surface area contributed by atoms with E-state index < -0.39 is 22.8 Å². The van der Waals surface area contributed by atoms with Crippen LogP contribution in [0.25, 0.3) is 16.8 Å². The summed E-state index contributed by atoms with van der Waals surface area (Å²) in [5.74, 6) is -2.13. The minimum Gasteiger partial charge on any atom is -0.466 e. The van der Waals surface area contributed by atoms with Crippen LogP contribution in [0.5, 0.6) is 0 Å². The maximum Gasteiger partial charge on any atom is 0.336 e. The van der Waals surface area contributed by atoms with E-state index in [9.17, 15) is 19.7 Å². The lowest BCUT2D eigenvalue weighted by Crippen LogP contribution is -2.32. The highest BCUT2D eigenvalue weighted by Crippen LogP contribution is 2.40. The van der Waals surface area contributed by atoms with E-state index in [2.05, 4.69) is 29.6 Å². The molecule has 0 fully saturated rings. The summed E-state index contributed by atoms with van der Waals surface area (Å²) in [5, 5.41) is 16.8. The number of allylic oxidation sites excluding steroid dienone is 2. The van der Waals surface area contributed by atoms with Crippen molar-refractivity contribution < 1.29 is 24.0 Å². The van der Waals surface area contributed by atoms with Gasteiger partial charge in [-0.2, -0.15) is 0 Å². The smallest absolute Gasteiger partial charge is 0.336 e. The van der Waals surface area contributed by atoms with E-state index in [-0.39, 0.29) is 23.4 Å². The number of dihydropyridines is 1. The molecule has 1 atom stereocenters. The number of nitro benzene ring substituents is 1. The Balaban J connectivity index is 1.53. The first-order chi connectivity index (χ1) is 18.3. The van der Waals surface area contributed by atoms with Crippen LogP contribution in [-0.2, 0) is 19.1 Å². The molecule has 0 saturated heterocycles. The van der Waals surface area contributed by atoms with Crippen LogP contribution in [-0.4, -0.2) is 30.6 Å². The number of hydrogen-bond acceptors (Lipinski definition) is 7. The number of non-ortho nitro benzene ring substituents is 1. The van der Waals surface area contributed by atoms with Gasteiger partial charge in [-0.3, -0.25) is 10.1 Å². The number of benzene rings is 3.